The van der Waals surface area contributed by atoms with Crippen LogP contribution in [0, 0.1) is 0 Å². The summed E-state index contributed by atoms with van der Waals surface area (Å²) in [6, 6.07) is 33.9. The van der Waals surface area contributed by atoms with Crippen molar-refractivity contribution < 1.29 is 0 Å². The van der Waals surface area contributed by atoms with Crippen LogP contribution in [-0.2, 0) is 6.54 Å². The van der Waals surface area contributed by atoms with Crippen LogP contribution >= 0.6 is 0 Å². The smallest absolute Gasteiger partial charge is 0.0357 e. The summed E-state index contributed by atoms with van der Waals surface area (Å²) in [6.45, 7) is 1.000. The second-order valence-electron chi connectivity index (χ2n) is 6.94. The minimum atomic E-state index is 0.486. The van der Waals surface area contributed by atoms with E-state index in [0.717, 1.165) is 6.54 Å². The maximum absolute atomic E-state index is 2.71. The summed E-state index contributed by atoms with van der Waals surface area (Å²) in [4.78, 5) is 2.71. The van der Waals surface area contributed by atoms with E-state index in [1.807, 2.05) is 0 Å². The number of benzene rings is 3. The fourth-order valence-electron chi connectivity index (χ4n) is 4.13. The molecule has 0 N–H and O–H groups in total. The van der Waals surface area contributed by atoms with Gasteiger partial charge in [0, 0.05) is 18.6 Å². The van der Waals surface area contributed by atoms with E-state index in [9.17, 15) is 0 Å². The van der Waals surface area contributed by atoms with Gasteiger partial charge < -0.3 is 0 Å². The molecular formula is C24H25N. The molecule has 0 spiro atoms. The topological polar surface area (TPSA) is 3.24 Å². The Hall–Kier alpha value is -2.38. The number of hydrogen-bond acceptors (Lipinski definition) is 1. The van der Waals surface area contributed by atoms with Gasteiger partial charge in [0.1, 0.15) is 0 Å². The van der Waals surface area contributed by atoms with Crippen molar-refractivity contribution in [3.05, 3.63) is 108 Å². The Morgan fingerprint density at radius 3 is 1.52 bits per heavy atom. The van der Waals surface area contributed by atoms with Gasteiger partial charge in [0.05, 0.1) is 0 Å². The molecular weight excluding hydrogens is 302 g/mol. The lowest BCUT2D eigenvalue weighted by atomic mass is 9.87. The molecule has 0 aromatic heterocycles. The van der Waals surface area contributed by atoms with Crippen LogP contribution in [0.5, 0.6) is 0 Å². The Morgan fingerprint density at radius 1 is 0.600 bits per heavy atom. The quantitative estimate of drug-likeness (QED) is 0.555. The lowest BCUT2D eigenvalue weighted by molar-refractivity contribution is 0.0735. The van der Waals surface area contributed by atoms with E-state index < -0.39 is 0 Å². The van der Waals surface area contributed by atoms with Crippen molar-refractivity contribution in [1.82, 2.24) is 4.90 Å². The van der Waals surface area contributed by atoms with Gasteiger partial charge in [-0.05, 0) is 36.0 Å². The minimum Gasteiger partial charge on any atom is -0.285 e. The molecule has 25 heavy (non-hydrogen) atoms. The maximum Gasteiger partial charge on any atom is 0.0357 e. The molecule has 2 atom stereocenters. The van der Waals surface area contributed by atoms with E-state index in [4.69, 9.17) is 0 Å². The summed E-state index contributed by atoms with van der Waals surface area (Å²) in [5, 5.41) is 0. The first kappa shape index (κ1) is 16.1. The van der Waals surface area contributed by atoms with Crippen molar-refractivity contribution in [3.8, 4) is 0 Å². The average Bonchev–Trinajstić information content (AvgIpc) is 2.70. The molecule has 1 nitrogen and oxygen atoms in total. The van der Waals surface area contributed by atoms with Gasteiger partial charge in [0.25, 0.3) is 0 Å². The summed E-state index contributed by atoms with van der Waals surface area (Å²) >= 11 is 0. The Balaban J connectivity index is 1.70. The Kier molecular flexibility index (Phi) is 4.94. The van der Waals surface area contributed by atoms with Crippen molar-refractivity contribution in [2.45, 2.75) is 37.9 Å². The van der Waals surface area contributed by atoms with Crippen LogP contribution in [0.25, 0.3) is 0 Å². The van der Waals surface area contributed by atoms with Crippen LogP contribution in [0.1, 0.15) is 48.0 Å². The predicted molar refractivity (Wildman–Crippen MR) is 104 cm³/mol. The first-order valence-electron chi connectivity index (χ1n) is 9.31. The molecule has 1 aliphatic heterocycles. The van der Waals surface area contributed by atoms with Crippen molar-refractivity contribution in [2.75, 3.05) is 0 Å². The Bertz CT molecular complexity index is 719. The highest BCUT2D eigenvalue weighted by atomic mass is 15.2. The highest BCUT2D eigenvalue weighted by Crippen LogP contribution is 2.42. The Morgan fingerprint density at radius 2 is 1.04 bits per heavy atom. The van der Waals surface area contributed by atoms with E-state index in [0.29, 0.717) is 12.1 Å². The van der Waals surface area contributed by atoms with Crippen LogP contribution in [0.15, 0.2) is 91.0 Å². The zero-order valence-corrected chi connectivity index (χ0v) is 14.6. The van der Waals surface area contributed by atoms with Crippen LogP contribution in [0.2, 0.25) is 0 Å². The van der Waals surface area contributed by atoms with Gasteiger partial charge in [0.15, 0.2) is 0 Å². The third kappa shape index (κ3) is 3.67. The van der Waals surface area contributed by atoms with Crippen molar-refractivity contribution in [3.63, 3.8) is 0 Å². The number of nitrogens with zero attached hydrogens (tertiary/aromatic N) is 1. The maximum atomic E-state index is 2.71. The number of hydrogen-bond donors (Lipinski definition) is 0. The predicted octanol–water partition coefficient (Wildman–Crippen LogP) is 6.16. The van der Waals surface area contributed by atoms with Gasteiger partial charge in [-0.1, -0.05) is 91.0 Å². The van der Waals surface area contributed by atoms with Crippen molar-refractivity contribution in [2.24, 2.45) is 0 Å². The molecule has 0 amide bonds. The lowest BCUT2D eigenvalue weighted by Crippen LogP contribution is -2.36. The average molecular weight is 327 g/mol. The summed E-state index contributed by atoms with van der Waals surface area (Å²) < 4.78 is 0. The monoisotopic (exact) mass is 327 g/mol. The van der Waals surface area contributed by atoms with Gasteiger partial charge in [-0.15, -0.1) is 0 Å². The second-order valence-corrected chi connectivity index (χ2v) is 6.94. The molecule has 0 unspecified atom stereocenters. The molecule has 1 saturated heterocycles. The molecule has 1 heterocycles. The molecule has 1 fully saturated rings. The summed E-state index contributed by atoms with van der Waals surface area (Å²) in [5.74, 6) is 0. The van der Waals surface area contributed by atoms with Crippen molar-refractivity contribution >= 4 is 0 Å². The highest BCUT2D eigenvalue weighted by molar-refractivity contribution is 5.25. The fourth-order valence-corrected chi connectivity index (χ4v) is 4.13. The third-order valence-corrected chi connectivity index (χ3v) is 5.33. The minimum absolute atomic E-state index is 0.486. The molecule has 3 aromatic rings. The van der Waals surface area contributed by atoms with E-state index in [1.54, 1.807) is 0 Å². The SMILES string of the molecule is c1ccc(CN2[C@@H](c3ccccc3)CCC[C@@H]2c2ccccc2)cc1. The van der Waals surface area contributed by atoms with E-state index in [1.165, 1.54) is 36.0 Å². The fraction of sp³-hybridized carbons (Fsp3) is 0.250. The lowest BCUT2D eigenvalue weighted by Gasteiger charge is -2.43. The van der Waals surface area contributed by atoms with Crippen molar-refractivity contribution in [1.29, 1.82) is 0 Å². The molecule has 3 aromatic carbocycles. The van der Waals surface area contributed by atoms with Gasteiger partial charge in [-0.2, -0.15) is 0 Å². The van der Waals surface area contributed by atoms with Crippen LogP contribution in [-0.4, -0.2) is 4.90 Å². The van der Waals surface area contributed by atoms with Gasteiger partial charge >= 0.3 is 0 Å². The Labute approximate surface area is 150 Å². The molecule has 4 rings (SSSR count). The van der Waals surface area contributed by atoms with E-state index in [-0.39, 0.29) is 0 Å². The van der Waals surface area contributed by atoms with Gasteiger partial charge in [-0.25, -0.2) is 0 Å². The van der Waals surface area contributed by atoms with E-state index >= 15 is 0 Å². The number of rotatable bonds is 4. The van der Waals surface area contributed by atoms with Gasteiger partial charge in [0.2, 0.25) is 0 Å². The number of piperidine rings is 1. The zero-order chi connectivity index (χ0) is 16.9. The first-order valence-corrected chi connectivity index (χ1v) is 9.31. The second kappa shape index (κ2) is 7.67. The summed E-state index contributed by atoms with van der Waals surface area (Å²) in [5.41, 5.74) is 4.28. The molecule has 126 valence electrons. The molecule has 0 saturated carbocycles. The largest absolute Gasteiger partial charge is 0.285 e. The summed E-state index contributed by atoms with van der Waals surface area (Å²) in [7, 11) is 0. The molecule has 0 bridgehead atoms. The molecule has 1 aliphatic rings. The zero-order valence-electron chi connectivity index (χ0n) is 14.6. The molecule has 0 radical (unpaired) electrons. The first-order chi connectivity index (χ1) is 12.4. The van der Waals surface area contributed by atoms with Gasteiger partial charge in [-0.3, -0.25) is 4.90 Å². The van der Waals surface area contributed by atoms with Crippen LogP contribution in [0.3, 0.4) is 0 Å². The highest BCUT2D eigenvalue weighted by Gasteiger charge is 2.32. The number of likely N-dealkylation sites (tertiary alicyclic amines) is 1. The molecule has 0 aliphatic carbocycles. The third-order valence-electron chi connectivity index (χ3n) is 5.33. The summed E-state index contributed by atoms with van der Waals surface area (Å²) in [6.07, 6.45) is 3.75. The van der Waals surface area contributed by atoms with Crippen LogP contribution < -0.4 is 0 Å². The molecule has 1 heteroatoms. The standard InChI is InChI=1S/C24H25N/c1-4-11-20(12-5-1)19-25-23(21-13-6-2-7-14-21)17-10-18-24(25)22-15-8-3-9-16-22/h1-9,11-16,23-24H,10,17-19H2/t23-,24-/m1/s1. The normalized spacial score (nSPS) is 21.1. The van der Waals surface area contributed by atoms with E-state index in [2.05, 4.69) is 95.9 Å². The van der Waals surface area contributed by atoms with Crippen LogP contribution in [0.4, 0.5) is 0 Å².